The van der Waals surface area contributed by atoms with Gasteiger partial charge in [0, 0.05) is 30.3 Å². The molecule has 1 aromatic carbocycles. The first-order valence-corrected chi connectivity index (χ1v) is 10.7. The van der Waals surface area contributed by atoms with E-state index in [-0.39, 0.29) is 23.8 Å². The Labute approximate surface area is 161 Å². The Morgan fingerprint density at radius 3 is 1.85 bits per heavy atom. The molecule has 3 N–H and O–H groups in total. The Kier molecular flexibility index (Phi) is 6.64. The van der Waals surface area contributed by atoms with Crippen LogP contribution < -0.4 is 15.4 Å². The van der Waals surface area contributed by atoms with E-state index in [1.165, 1.54) is 6.92 Å². The first-order chi connectivity index (χ1) is 12.5. The molecule has 8 heteroatoms. The van der Waals surface area contributed by atoms with Crippen LogP contribution in [0.2, 0.25) is 0 Å². The van der Waals surface area contributed by atoms with Crippen LogP contribution in [0, 0.1) is 5.92 Å². The van der Waals surface area contributed by atoms with Crippen molar-refractivity contribution in [2.75, 3.05) is 10.6 Å². The fraction of sp³-hybridized carbons (Fsp3) is 0.579. The Balaban J connectivity index is 1.85. The molecule has 7 nitrogen and oxygen atoms in total. The van der Waals surface area contributed by atoms with Crippen LogP contribution in [0.25, 0.3) is 0 Å². The van der Waals surface area contributed by atoms with Crippen LogP contribution in [0.5, 0.6) is 0 Å². The van der Waals surface area contributed by atoms with Crippen molar-refractivity contribution in [1.82, 2.24) is 4.72 Å². The van der Waals surface area contributed by atoms with Gasteiger partial charge < -0.3 is 10.6 Å². The molecule has 0 atom stereocenters. The summed E-state index contributed by atoms with van der Waals surface area (Å²) < 4.78 is 26.4. The Morgan fingerprint density at radius 2 is 1.41 bits per heavy atom. The van der Waals surface area contributed by atoms with Gasteiger partial charge in [0.2, 0.25) is 21.8 Å². The zero-order valence-electron chi connectivity index (χ0n) is 16.3. The summed E-state index contributed by atoms with van der Waals surface area (Å²) in [5.74, 6) is -0.333. The highest BCUT2D eigenvalue weighted by atomic mass is 32.2. The minimum atomic E-state index is -3.38. The lowest BCUT2D eigenvalue weighted by Crippen LogP contribution is -2.46. The average molecular weight is 396 g/mol. The number of nitrogens with one attached hydrogen (secondary N) is 3. The van der Waals surface area contributed by atoms with Crippen LogP contribution in [0.15, 0.2) is 24.3 Å². The monoisotopic (exact) mass is 395 g/mol. The summed E-state index contributed by atoms with van der Waals surface area (Å²) in [4.78, 5) is 23.5. The third-order valence-electron chi connectivity index (χ3n) is 4.70. The van der Waals surface area contributed by atoms with Crippen LogP contribution in [0.1, 0.15) is 53.4 Å². The van der Waals surface area contributed by atoms with Crippen molar-refractivity contribution in [3.05, 3.63) is 24.3 Å². The van der Waals surface area contributed by atoms with Crippen LogP contribution in [0.4, 0.5) is 11.4 Å². The summed E-state index contributed by atoms with van der Waals surface area (Å²) in [6, 6.07) is 6.83. The number of anilines is 2. The zero-order valence-corrected chi connectivity index (χ0v) is 17.2. The summed E-state index contributed by atoms with van der Waals surface area (Å²) >= 11 is 0. The van der Waals surface area contributed by atoms with Crippen LogP contribution in [-0.2, 0) is 19.6 Å². The van der Waals surface area contributed by atoms with Crippen molar-refractivity contribution in [2.24, 2.45) is 5.92 Å². The van der Waals surface area contributed by atoms with Crippen molar-refractivity contribution in [2.45, 2.75) is 64.2 Å². The number of amides is 2. The summed E-state index contributed by atoms with van der Waals surface area (Å²) in [5.41, 5.74) is 1.34. The van der Waals surface area contributed by atoms with Gasteiger partial charge in [-0.1, -0.05) is 0 Å². The van der Waals surface area contributed by atoms with Crippen molar-refractivity contribution < 1.29 is 18.0 Å². The van der Waals surface area contributed by atoms with Crippen molar-refractivity contribution >= 4 is 33.2 Å². The van der Waals surface area contributed by atoms with Crippen molar-refractivity contribution in [3.63, 3.8) is 0 Å². The molecule has 0 bridgehead atoms. The minimum absolute atomic E-state index is 0.0561. The number of hydrogen-bond donors (Lipinski definition) is 3. The molecule has 1 aliphatic rings. The van der Waals surface area contributed by atoms with Gasteiger partial charge in [-0.15, -0.1) is 0 Å². The first kappa shape index (κ1) is 21.4. The summed E-state index contributed by atoms with van der Waals surface area (Å²) in [5, 5.41) is 5.56. The number of carbonyl (C=O) groups is 2. The van der Waals surface area contributed by atoms with E-state index < -0.39 is 14.8 Å². The zero-order chi connectivity index (χ0) is 20.2. The number of hydrogen-bond acceptors (Lipinski definition) is 4. The van der Waals surface area contributed by atoms with Crippen molar-refractivity contribution in [1.29, 1.82) is 0 Å². The summed E-state index contributed by atoms with van der Waals surface area (Å²) in [6.07, 6.45) is 2.59. The largest absolute Gasteiger partial charge is 0.326 e. The van der Waals surface area contributed by atoms with Gasteiger partial charge in [0.15, 0.2) is 0 Å². The molecule has 0 heterocycles. The van der Waals surface area contributed by atoms with Crippen LogP contribution in [-0.4, -0.2) is 31.0 Å². The smallest absolute Gasteiger partial charge is 0.227 e. The molecular formula is C19H29N3O4S. The van der Waals surface area contributed by atoms with Gasteiger partial charge in [-0.05, 0) is 70.7 Å². The predicted octanol–water partition coefficient (Wildman–Crippen LogP) is 2.86. The Bertz CT molecular complexity index is 774. The maximum absolute atomic E-state index is 12.5. The third kappa shape index (κ3) is 6.04. The number of sulfonamides is 1. The Hall–Kier alpha value is -1.93. The second kappa shape index (κ2) is 8.39. The molecule has 1 aromatic rings. The van der Waals surface area contributed by atoms with Gasteiger partial charge in [0.25, 0.3) is 0 Å². The number of carbonyl (C=O) groups excluding carboxylic acids is 2. The van der Waals surface area contributed by atoms with Gasteiger partial charge in [0.1, 0.15) is 0 Å². The van der Waals surface area contributed by atoms with Crippen LogP contribution in [0.3, 0.4) is 0 Å². The molecule has 0 unspecified atom stereocenters. The molecule has 2 rings (SSSR count). The summed E-state index contributed by atoms with van der Waals surface area (Å²) in [6.45, 7) is 6.45. The van der Waals surface area contributed by atoms with E-state index in [1.807, 2.05) is 0 Å². The van der Waals surface area contributed by atoms with Crippen molar-refractivity contribution in [3.8, 4) is 0 Å². The molecule has 0 aromatic heterocycles. The molecule has 0 saturated heterocycles. The maximum Gasteiger partial charge on any atom is 0.227 e. The second-order valence-corrected chi connectivity index (χ2v) is 10.5. The highest BCUT2D eigenvalue weighted by Crippen LogP contribution is 2.27. The van der Waals surface area contributed by atoms with E-state index in [0.717, 1.165) is 0 Å². The third-order valence-corrected chi connectivity index (χ3v) is 6.95. The topological polar surface area (TPSA) is 104 Å². The van der Waals surface area contributed by atoms with Gasteiger partial charge >= 0.3 is 0 Å². The maximum atomic E-state index is 12.5. The molecule has 0 aliphatic heterocycles. The van der Waals surface area contributed by atoms with Gasteiger partial charge in [-0.25, -0.2) is 13.1 Å². The van der Waals surface area contributed by atoms with E-state index >= 15 is 0 Å². The second-order valence-electron chi connectivity index (χ2n) is 8.03. The number of rotatable bonds is 5. The number of benzene rings is 1. The average Bonchev–Trinajstić information content (AvgIpc) is 2.55. The fourth-order valence-corrected chi connectivity index (χ4v) is 3.98. The van der Waals surface area contributed by atoms with E-state index in [0.29, 0.717) is 37.1 Å². The normalized spacial score (nSPS) is 20.7. The first-order valence-electron chi connectivity index (χ1n) is 9.18. The lowest BCUT2D eigenvalue weighted by molar-refractivity contribution is -0.120. The highest BCUT2D eigenvalue weighted by Gasteiger charge is 2.34. The fourth-order valence-electron chi connectivity index (χ4n) is 2.95. The lowest BCUT2D eigenvalue weighted by Gasteiger charge is -2.30. The minimum Gasteiger partial charge on any atom is -0.326 e. The van der Waals surface area contributed by atoms with E-state index in [4.69, 9.17) is 0 Å². The van der Waals surface area contributed by atoms with Gasteiger partial charge in [0.05, 0.1) is 4.75 Å². The molecule has 1 saturated carbocycles. The molecule has 2 amide bonds. The predicted molar refractivity (Wildman–Crippen MR) is 107 cm³/mol. The summed E-state index contributed by atoms with van der Waals surface area (Å²) in [7, 11) is -3.38. The lowest BCUT2D eigenvalue weighted by atomic mass is 9.86. The van der Waals surface area contributed by atoms with E-state index in [9.17, 15) is 18.0 Å². The molecular weight excluding hydrogens is 366 g/mol. The molecule has 0 spiro atoms. The molecule has 1 aliphatic carbocycles. The Morgan fingerprint density at radius 1 is 0.926 bits per heavy atom. The van der Waals surface area contributed by atoms with E-state index in [1.54, 1.807) is 45.0 Å². The molecule has 150 valence electrons. The molecule has 1 fully saturated rings. The van der Waals surface area contributed by atoms with Crippen LogP contribution >= 0.6 is 0 Å². The highest BCUT2D eigenvalue weighted by molar-refractivity contribution is 7.90. The van der Waals surface area contributed by atoms with Gasteiger partial charge in [-0.3, -0.25) is 9.59 Å². The van der Waals surface area contributed by atoms with E-state index in [2.05, 4.69) is 15.4 Å². The molecule has 27 heavy (non-hydrogen) atoms. The quantitative estimate of drug-likeness (QED) is 0.713. The molecule has 0 radical (unpaired) electrons. The standard InChI is InChI=1S/C19H29N3O4S/c1-13(23)20-15-9-11-16(12-10-15)21-18(24)14-5-7-17(8-6-14)22-27(25,26)19(2,3)4/h9-12,14,17,22H,5-8H2,1-4H3,(H,20,23)(H,21,24)/t14-,17-. The SMILES string of the molecule is CC(=O)Nc1ccc(NC(=O)[C@H]2CC[C@H](NS(=O)(=O)C(C)(C)C)CC2)cc1. The van der Waals surface area contributed by atoms with Gasteiger partial charge in [-0.2, -0.15) is 0 Å².